The molecule has 1 amide bonds. The van der Waals surface area contributed by atoms with Crippen LogP contribution in [0.15, 0.2) is 54.7 Å². The summed E-state index contributed by atoms with van der Waals surface area (Å²) in [6, 6.07) is 14.7. The van der Waals surface area contributed by atoms with E-state index in [1.165, 1.54) is 4.90 Å². The largest absolute Gasteiger partial charge is 0.508 e. The monoisotopic (exact) mass is 310 g/mol. The standard InChI is InChI=1S/C18H18N2O3/c21-15-6-7-17-16(10-15)14(11-19-17)8-9-20(18(22)23)12-13-4-2-1-3-5-13/h1-7,10-11,19,21H,8-9,12H2,(H,22,23). The minimum Gasteiger partial charge on any atom is -0.508 e. The Kier molecular flexibility index (Phi) is 4.19. The lowest BCUT2D eigenvalue weighted by Gasteiger charge is -2.19. The van der Waals surface area contributed by atoms with Crippen molar-refractivity contribution in [1.29, 1.82) is 0 Å². The van der Waals surface area contributed by atoms with Crippen LogP contribution >= 0.6 is 0 Å². The number of fused-ring (bicyclic) bond motifs is 1. The van der Waals surface area contributed by atoms with Gasteiger partial charge in [0.1, 0.15) is 5.75 Å². The first-order valence-corrected chi connectivity index (χ1v) is 7.44. The molecule has 5 nitrogen and oxygen atoms in total. The van der Waals surface area contributed by atoms with Gasteiger partial charge in [-0.25, -0.2) is 4.79 Å². The Hall–Kier alpha value is -2.95. The van der Waals surface area contributed by atoms with Gasteiger partial charge in [0.25, 0.3) is 0 Å². The number of aromatic nitrogens is 1. The van der Waals surface area contributed by atoms with Crippen molar-refractivity contribution in [2.75, 3.05) is 6.54 Å². The average Bonchev–Trinajstić information content (AvgIpc) is 2.94. The van der Waals surface area contributed by atoms with Crippen LogP contribution in [0.4, 0.5) is 4.79 Å². The third kappa shape index (κ3) is 3.45. The van der Waals surface area contributed by atoms with Crippen LogP contribution in [0.25, 0.3) is 10.9 Å². The molecule has 5 heteroatoms. The number of H-pyrrole nitrogens is 1. The number of carbonyl (C=O) groups is 1. The van der Waals surface area contributed by atoms with Crippen LogP contribution in [0.5, 0.6) is 5.75 Å². The van der Waals surface area contributed by atoms with E-state index in [9.17, 15) is 15.0 Å². The van der Waals surface area contributed by atoms with Crippen molar-refractivity contribution in [3.63, 3.8) is 0 Å². The molecule has 0 saturated carbocycles. The molecule has 0 aliphatic heterocycles. The van der Waals surface area contributed by atoms with E-state index < -0.39 is 6.09 Å². The van der Waals surface area contributed by atoms with Crippen molar-refractivity contribution >= 4 is 17.0 Å². The van der Waals surface area contributed by atoms with Crippen molar-refractivity contribution in [1.82, 2.24) is 9.88 Å². The number of rotatable bonds is 5. The number of benzene rings is 2. The summed E-state index contributed by atoms with van der Waals surface area (Å²) in [7, 11) is 0. The molecule has 0 atom stereocenters. The van der Waals surface area contributed by atoms with E-state index in [-0.39, 0.29) is 5.75 Å². The Morgan fingerprint density at radius 3 is 2.65 bits per heavy atom. The highest BCUT2D eigenvalue weighted by molar-refractivity contribution is 5.84. The molecule has 3 N–H and O–H groups in total. The zero-order valence-corrected chi connectivity index (χ0v) is 12.6. The van der Waals surface area contributed by atoms with Crippen LogP contribution in [0.1, 0.15) is 11.1 Å². The Bertz CT molecular complexity index is 812. The molecule has 0 spiro atoms. The summed E-state index contributed by atoms with van der Waals surface area (Å²) in [5, 5.41) is 19.9. The summed E-state index contributed by atoms with van der Waals surface area (Å²) in [4.78, 5) is 16.0. The molecular formula is C18H18N2O3. The number of nitrogens with zero attached hydrogens (tertiary/aromatic N) is 1. The number of nitrogens with one attached hydrogen (secondary N) is 1. The van der Waals surface area contributed by atoms with Crippen molar-refractivity contribution in [3.05, 3.63) is 65.9 Å². The van der Waals surface area contributed by atoms with E-state index >= 15 is 0 Å². The van der Waals surface area contributed by atoms with E-state index in [1.54, 1.807) is 12.1 Å². The normalized spacial score (nSPS) is 10.8. The Balaban J connectivity index is 1.73. The fraction of sp³-hybridized carbons (Fsp3) is 0.167. The number of hydrogen-bond acceptors (Lipinski definition) is 2. The van der Waals surface area contributed by atoms with Crippen LogP contribution in [0, 0.1) is 0 Å². The number of phenolic OH excluding ortho intramolecular Hbond substituents is 1. The summed E-state index contributed by atoms with van der Waals surface area (Å²) >= 11 is 0. The molecule has 2 aromatic carbocycles. The average molecular weight is 310 g/mol. The summed E-state index contributed by atoms with van der Waals surface area (Å²) in [6.45, 7) is 0.761. The highest BCUT2D eigenvalue weighted by Crippen LogP contribution is 2.23. The first kappa shape index (κ1) is 15.0. The highest BCUT2D eigenvalue weighted by atomic mass is 16.4. The number of amides is 1. The van der Waals surface area contributed by atoms with Gasteiger partial charge in [0, 0.05) is 30.2 Å². The second-order valence-corrected chi connectivity index (χ2v) is 5.48. The molecule has 0 fully saturated rings. The van der Waals surface area contributed by atoms with Gasteiger partial charge in [-0.3, -0.25) is 0 Å². The van der Waals surface area contributed by atoms with E-state index in [0.717, 1.165) is 22.0 Å². The van der Waals surface area contributed by atoms with Crippen molar-refractivity contribution in [3.8, 4) is 5.75 Å². The highest BCUT2D eigenvalue weighted by Gasteiger charge is 2.13. The Morgan fingerprint density at radius 1 is 1.13 bits per heavy atom. The lowest BCUT2D eigenvalue weighted by Crippen LogP contribution is -2.30. The first-order chi connectivity index (χ1) is 11.1. The second kappa shape index (κ2) is 6.44. The van der Waals surface area contributed by atoms with Crippen molar-refractivity contribution < 1.29 is 15.0 Å². The van der Waals surface area contributed by atoms with Gasteiger partial charge in [-0.1, -0.05) is 30.3 Å². The van der Waals surface area contributed by atoms with Crippen molar-refractivity contribution in [2.24, 2.45) is 0 Å². The van der Waals surface area contributed by atoms with Gasteiger partial charge in [-0.05, 0) is 35.7 Å². The molecule has 3 rings (SSSR count). The quantitative estimate of drug-likeness (QED) is 0.674. The van der Waals surface area contributed by atoms with Gasteiger partial charge in [0.05, 0.1) is 0 Å². The molecule has 1 aromatic heterocycles. The van der Waals surface area contributed by atoms with Gasteiger partial charge >= 0.3 is 6.09 Å². The third-order valence-corrected chi connectivity index (χ3v) is 3.89. The minimum absolute atomic E-state index is 0.206. The fourth-order valence-electron chi connectivity index (χ4n) is 2.67. The SMILES string of the molecule is O=C(O)N(CCc1c[nH]c2ccc(O)cc12)Cc1ccccc1. The zero-order chi connectivity index (χ0) is 16.2. The number of hydrogen-bond donors (Lipinski definition) is 3. The smallest absolute Gasteiger partial charge is 0.407 e. The van der Waals surface area contributed by atoms with E-state index in [0.29, 0.717) is 19.5 Å². The summed E-state index contributed by atoms with van der Waals surface area (Å²) in [5.41, 5.74) is 2.89. The molecule has 0 saturated heterocycles. The maximum Gasteiger partial charge on any atom is 0.407 e. The van der Waals surface area contributed by atoms with Crippen molar-refractivity contribution in [2.45, 2.75) is 13.0 Å². The van der Waals surface area contributed by atoms with Crippen LogP contribution in [0.2, 0.25) is 0 Å². The van der Waals surface area contributed by atoms with Gasteiger partial charge in [0.15, 0.2) is 0 Å². The molecule has 3 aromatic rings. The van der Waals surface area contributed by atoms with Crippen LogP contribution in [-0.4, -0.2) is 32.7 Å². The molecule has 1 heterocycles. The number of aromatic amines is 1. The molecule has 0 aliphatic rings. The molecule has 118 valence electrons. The minimum atomic E-state index is -0.934. The second-order valence-electron chi connectivity index (χ2n) is 5.48. The van der Waals surface area contributed by atoms with E-state index in [1.807, 2.05) is 42.6 Å². The van der Waals surface area contributed by atoms with Crippen LogP contribution < -0.4 is 0 Å². The summed E-state index contributed by atoms with van der Waals surface area (Å²) in [6.07, 6.45) is 1.52. The molecule has 23 heavy (non-hydrogen) atoms. The summed E-state index contributed by atoms with van der Waals surface area (Å²) < 4.78 is 0. The molecule has 0 unspecified atom stereocenters. The Labute approximate surface area is 133 Å². The molecule has 0 bridgehead atoms. The Morgan fingerprint density at radius 2 is 1.91 bits per heavy atom. The van der Waals surface area contributed by atoms with E-state index in [4.69, 9.17) is 0 Å². The molecular weight excluding hydrogens is 292 g/mol. The van der Waals surface area contributed by atoms with Crippen LogP contribution in [0.3, 0.4) is 0 Å². The number of carboxylic acid groups (broad SMARTS) is 1. The maximum absolute atomic E-state index is 11.5. The zero-order valence-electron chi connectivity index (χ0n) is 12.6. The molecule has 0 radical (unpaired) electrons. The van der Waals surface area contributed by atoms with Gasteiger partial charge in [-0.2, -0.15) is 0 Å². The lowest BCUT2D eigenvalue weighted by atomic mass is 10.1. The lowest BCUT2D eigenvalue weighted by molar-refractivity contribution is 0.143. The first-order valence-electron chi connectivity index (χ1n) is 7.44. The van der Waals surface area contributed by atoms with E-state index in [2.05, 4.69) is 4.98 Å². The van der Waals surface area contributed by atoms with Gasteiger partial charge < -0.3 is 20.1 Å². The molecule has 0 aliphatic carbocycles. The third-order valence-electron chi connectivity index (χ3n) is 3.89. The number of phenols is 1. The van der Waals surface area contributed by atoms with Crippen LogP contribution in [-0.2, 0) is 13.0 Å². The topological polar surface area (TPSA) is 76.6 Å². The van der Waals surface area contributed by atoms with Gasteiger partial charge in [-0.15, -0.1) is 0 Å². The predicted molar refractivity (Wildman–Crippen MR) is 88.5 cm³/mol. The fourth-order valence-corrected chi connectivity index (χ4v) is 2.67. The predicted octanol–water partition coefficient (Wildman–Crippen LogP) is 3.60. The number of aromatic hydroxyl groups is 1. The van der Waals surface area contributed by atoms with Gasteiger partial charge in [0.2, 0.25) is 0 Å². The maximum atomic E-state index is 11.5. The summed E-state index contributed by atoms with van der Waals surface area (Å²) in [5.74, 6) is 0.206.